The van der Waals surface area contributed by atoms with Crippen LogP contribution >= 0.6 is 52.6 Å². The predicted octanol–water partition coefficient (Wildman–Crippen LogP) is 0.375. The van der Waals surface area contributed by atoms with Crippen molar-refractivity contribution in [2.75, 3.05) is 50.2 Å². The van der Waals surface area contributed by atoms with Gasteiger partial charge in [-0.25, -0.2) is 53.8 Å². The molecule has 6 aliphatic rings. The number of nitrogens with two attached hydrogens (primary N) is 3. The van der Waals surface area contributed by atoms with Gasteiger partial charge in [0.2, 0.25) is 5.95 Å². The van der Waals surface area contributed by atoms with Gasteiger partial charge in [0.25, 0.3) is 22.2 Å². The SMILES string of the molecule is Cc1cn([C@H]2C[C@@H](OP(O)(=S)OC[C@H]3O[C@@H](n4cc(C)c(=O)[nH]c4=O)C[C@H]3OP(O)(=S)OC[C@H]3O[C@@H](n4cnc5c(N)ncnc54)C[C@H]3OP(O)(=S)OC[C@H]3O[C@@H](n4cc(C)c(=O)[nH]c4=O)C[C@H]3OP(=O)(S)OC[C@H]3O[C@@H](n4cnc5c(N)ncnc54)C[C@H]3OP(O)(=S)OC[C@H]3O[C@@H](n4cnc5c(=O)[nH]c(N)nc54)C[C@H]3OP(O)(O)=S)[C@@H](C)O2)c(=O)[nH]c1=O. The zero-order valence-corrected chi connectivity index (χ0v) is 74.7. The number of nitrogens with one attached hydrogen (secondary N) is 4. The van der Waals surface area contributed by atoms with E-state index in [1.807, 2.05) is 0 Å². The summed E-state index contributed by atoms with van der Waals surface area (Å²) in [6, 6.07) is 0. The number of anilines is 3. The Morgan fingerprint density at radius 1 is 0.411 bits per heavy atom. The second kappa shape index (κ2) is 36.6. The Bertz CT molecular complexity index is 6350. The highest BCUT2D eigenvalue weighted by Gasteiger charge is 2.50. The number of aromatic nitrogens is 18. The second-order valence-electron chi connectivity index (χ2n) is 28.9. The van der Waals surface area contributed by atoms with Gasteiger partial charge in [0.15, 0.2) is 34.1 Å². The van der Waals surface area contributed by atoms with E-state index >= 15 is 0 Å². The number of aromatic amines is 4. The lowest BCUT2D eigenvalue weighted by Crippen LogP contribution is -2.33. The first-order chi connectivity index (χ1) is 58.4. The van der Waals surface area contributed by atoms with E-state index in [9.17, 15) is 67.5 Å². The highest BCUT2D eigenvalue weighted by Crippen LogP contribution is 2.60. The first-order valence-corrected chi connectivity index (χ1v) is 52.6. The maximum atomic E-state index is 14.9. The van der Waals surface area contributed by atoms with Gasteiger partial charge in [-0.3, -0.25) is 75.6 Å². The van der Waals surface area contributed by atoms with Crippen molar-refractivity contribution in [3.63, 3.8) is 0 Å². The summed E-state index contributed by atoms with van der Waals surface area (Å²) < 4.78 is 126. The van der Waals surface area contributed by atoms with Crippen LogP contribution in [0.5, 0.6) is 0 Å². The van der Waals surface area contributed by atoms with Crippen LogP contribution in [-0.4, -0.2) is 223 Å². The number of H-pyrrole nitrogens is 4. The number of ether oxygens (including phenoxy) is 6. The molecule has 0 aliphatic carbocycles. The summed E-state index contributed by atoms with van der Waals surface area (Å²) >= 11 is 31.4. The molecule has 16 N–H and O–H groups in total. The Hall–Kier alpha value is -6.20. The molecule has 0 saturated carbocycles. The van der Waals surface area contributed by atoms with Crippen molar-refractivity contribution in [2.24, 2.45) is 0 Å². The molecule has 64 heteroatoms. The van der Waals surface area contributed by atoms with E-state index in [1.54, 1.807) is 6.92 Å². The third-order valence-electron chi connectivity index (χ3n) is 20.4. The number of thiol groups is 1. The van der Waals surface area contributed by atoms with E-state index in [2.05, 4.69) is 72.1 Å². The van der Waals surface area contributed by atoms with Crippen molar-refractivity contribution in [1.29, 1.82) is 0 Å². The van der Waals surface area contributed by atoms with E-state index in [0.29, 0.717) is 0 Å². The van der Waals surface area contributed by atoms with Crippen molar-refractivity contribution in [1.82, 2.24) is 87.2 Å². The smallest absolute Gasteiger partial charge is 0.382 e. The lowest BCUT2D eigenvalue weighted by molar-refractivity contribution is -0.0555. The standard InChI is InChI=1S/C60H77N21O31P6S6/c1-24-11-76(58(86)73-53(24)82)39-5-28(27(4)101-39)108-114(91,120)96-15-35-30(7-40(102-35)77-12-25(2)54(83)74-59(77)87)109-116(93,122)99-18-38-33(10-43(106-38)80-22-69-46-49(62)65-20-67-51(46)80)112-118(95,124)98-16-36-31(8-41(103-36)78-13-26(3)55(84)75-60(78)88)110-117(94,123)100-17-37-32(9-42(105-37)79-21-68-45-48(61)64-19-66-50(45)79)111-115(92,121)97-14-34-29(107-113(89,90)119)6-44(104-34)81-23-70-47-52(81)71-57(63)72-56(47)85/h11-13,19-23,27-44H,5-10,14-18H2,1-4H3,(H,91,120)(H,92,121)(H,93,122)(H,94,123)(H,95,124)(H2,61,64,66)(H2,62,65,67)(H,73,82,86)(H,74,83,87)(H,75,84,88)(H2,89,90,119)(H3,63,71,72,85)/t27-,28-,29-,30-,31-,32-,33-,34-,35-,36-,37-,38-,39-,40-,41-,42-,43-,44-,114?,115?,116?,117?,118?/m1/s1. The summed E-state index contributed by atoms with van der Waals surface area (Å²) in [6.45, 7) is -25.0. The maximum Gasteiger partial charge on any atom is 0.386 e. The van der Waals surface area contributed by atoms with Gasteiger partial charge in [-0.15, -0.1) is 0 Å². The quantitative estimate of drug-likeness (QED) is 0.0195. The Labute approximate surface area is 724 Å². The number of hydrogen-bond donors (Lipinski definition) is 14. The monoisotopic (exact) mass is 1970 g/mol. The lowest BCUT2D eigenvalue weighted by atomic mass is 10.2. The molecule has 9 aromatic heterocycles. The van der Waals surface area contributed by atoms with Crippen molar-refractivity contribution in [3.05, 3.63) is 140 Å². The zero-order valence-electron chi connectivity index (χ0n) is 64.3. The fourth-order valence-electron chi connectivity index (χ4n) is 14.5. The molecule has 6 aliphatic heterocycles. The molecule has 674 valence electrons. The first-order valence-electron chi connectivity index (χ1n) is 36.9. The fourth-order valence-corrected chi connectivity index (χ4v) is 22.9. The van der Waals surface area contributed by atoms with E-state index in [0.717, 1.165) is 13.7 Å². The van der Waals surface area contributed by atoms with Gasteiger partial charge < -0.3 is 116 Å². The summed E-state index contributed by atoms with van der Waals surface area (Å²) in [5.41, 5.74) is 13.8. The molecule has 52 nitrogen and oxygen atoms in total. The van der Waals surface area contributed by atoms with Gasteiger partial charge in [0, 0.05) is 73.8 Å². The summed E-state index contributed by atoms with van der Waals surface area (Å²) in [5.74, 6) is -0.241. The molecule has 9 aromatic rings. The highest BCUT2D eigenvalue weighted by molar-refractivity contribution is 8.44. The molecular formula is C60H77N21O31P6S6. The maximum absolute atomic E-state index is 14.9. The van der Waals surface area contributed by atoms with E-state index in [1.165, 1.54) is 84.7 Å². The third-order valence-corrected chi connectivity index (χ3v) is 29.2. The molecule has 0 amide bonds. The molecule has 0 spiro atoms. The number of imidazole rings is 3. The number of rotatable bonds is 33. The van der Waals surface area contributed by atoms with Crippen molar-refractivity contribution in [3.8, 4) is 0 Å². The molecule has 5 unspecified atom stereocenters. The molecule has 124 heavy (non-hydrogen) atoms. The van der Waals surface area contributed by atoms with E-state index < -0.39 is 223 Å². The molecule has 0 radical (unpaired) electrons. The fraction of sp³-hybridized carbons (Fsp3) is 0.550. The Kier molecular flexibility index (Phi) is 27.3. The molecule has 0 aromatic carbocycles. The predicted molar refractivity (Wildman–Crippen MR) is 447 cm³/mol. The summed E-state index contributed by atoms with van der Waals surface area (Å²) in [6.07, 6.45) is -13.7. The molecule has 6 fully saturated rings. The second-order valence-corrected chi connectivity index (χ2v) is 45.6. The normalized spacial score (nSPS) is 29.2. The number of aryl methyl sites for hydroxylation is 3. The van der Waals surface area contributed by atoms with Gasteiger partial charge in [0.05, 0.1) is 88.6 Å². The van der Waals surface area contributed by atoms with Crippen LogP contribution in [0.25, 0.3) is 33.5 Å². The van der Waals surface area contributed by atoms with Gasteiger partial charge in [0.1, 0.15) is 97.7 Å². The molecule has 15 rings (SSSR count). The van der Waals surface area contributed by atoms with E-state index in [4.69, 9.17) is 154 Å². The average molecular weight is 1970 g/mol. The molecule has 0 bridgehead atoms. The van der Waals surface area contributed by atoms with Gasteiger partial charge >= 0.3 is 57.5 Å². The minimum Gasteiger partial charge on any atom is -0.382 e. The average Bonchev–Trinajstić information content (AvgIpc) is 1.62. The Balaban J connectivity index is 0.637. The minimum absolute atomic E-state index is 0.00171. The van der Waals surface area contributed by atoms with Crippen LogP contribution in [0.1, 0.15) is 99.5 Å². The molecular weight excluding hydrogens is 1890 g/mol. The molecule has 15 heterocycles. The number of nitrogen functional groups attached to an aromatic ring is 3. The van der Waals surface area contributed by atoms with Crippen LogP contribution in [0.4, 0.5) is 17.6 Å². The van der Waals surface area contributed by atoms with Crippen molar-refractivity contribution < 1.29 is 112 Å². The third kappa shape index (κ3) is 21.1. The van der Waals surface area contributed by atoms with Crippen LogP contribution in [0, 0.1) is 20.8 Å². The van der Waals surface area contributed by atoms with Gasteiger partial charge in [-0.05, 0) is 86.7 Å². The van der Waals surface area contributed by atoms with Crippen LogP contribution in [0.2, 0.25) is 0 Å². The van der Waals surface area contributed by atoms with Crippen molar-refractivity contribution in [2.45, 2.75) is 177 Å². The van der Waals surface area contributed by atoms with Crippen LogP contribution in [-0.2, 0) is 142 Å². The first kappa shape index (κ1) is 92.5. The minimum atomic E-state index is -4.80. The van der Waals surface area contributed by atoms with Crippen LogP contribution in [0.3, 0.4) is 0 Å². The van der Waals surface area contributed by atoms with Gasteiger partial charge in [-0.1, -0.05) is 12.2 Å². The molecule has 23 atom stereocenters. The van der Waals surface area contributed by atoms with Crippen molar-refractivity contribution >= 4 is 163 Å². The van der Waals surface area contributed by atoms with Crippen LogP contribution < -0.4 is 56.5 Å². The van der Waals surface area contributed by atoms with Gasteiger partial charge in [-0.2, -0.15) is 4.98 Å². The highest BCUT2D eigenvalue weighted by atomic mass is 32.7. The zero-order chi connectivity index (χ0) is 88.8. The number of hydrogen-bond acceptors (Lipinski definition) is 41. The Morgan fingerprint density at radius 2 is 0.718 bits per heavy atom. The summed E-state index contributed by atoms with van der Waals surface area (Å²) in [4.78, 5) is 200. The number of fused-ring (bicyclic) bond motifs is 3. The summed E-state index contributed by atoms with van der Waals surface area (Å²) in [7, 11) is 0. The number of nitrogens with zero attached hydrogens (tertiary/aromatic N) is 14. The van der Waals surface area contributed by atoms with Crippen LogP contribution in [0.15, 0.2) is 83.8 Å². The summed E-state index contributed by atoms with van der Waals surface area (Å²) in [5, 5.41) is 0. The van der Waals surface area contributed by atoms with E-state index in [-0.39, 0.29) is 106 Å². The largest absolute Gasteiger partial charge is 0.386 e. The topological polar surface area (TPSA) is 689 Å². The lowest BCUT2D eigenvalue weighted by Gasteiger charge is -2.28. The Morgan fingerprint density at radius 3 is 1.09 bits per heavy atom. The molecule has 6 saturated heterocycles.